The van der Waals surface area contributed by atoms with Crippen LogP contribution in [0.1, 0.15) is 13.3 Å². The number of nitrogens with two attached hydrogens (primary N) is 1. The summed E-state index contributed by atoms with van der Waals surface area (Å²) < 4.78 is 22.5. The zero-order chi connectivity index (χ0) is 9.35. The molecular weight excluding hydrogens is 178 g/mol. The van der Waals surface area contributed by atoms with E-state index in [9.17, 15) is 13.5 Å². The van der Waals surface area contributed by atoms with E-state index in [0.29, 0.717) is 6.42 Å². The van der Waals surface area contributed by atoms with Crippen LogP contribution in [0.2, 0.25) is 0 Å². The molecular formula is C7H15NO3S. The molecule has 1 rings (SSSR count). The van der Waals surface area contributed by atoms with Gasteiger partial charge >= 0.3 is 0 Å². The number of aliphatic hydroxyl groups is 1. The lowest BCUT2D eigenvalue weighted by molar-refractivity contribution is 0.126. The van der Waals surface area contributed by atoms with Crippen molar-refractivity contribution in [1.29, 1.82) is 0 Å². The van der Waals surface area contributed by atoms with Crippen molar-refractivity contribution >= 4 is 9.84 Å². The van der Waals surface area contributed by atoms with Crippen LogP contribution >= 0.6 is 0 Å². The van der Waals surface area contributed by atoms with Crippen molar-refractivity contribution in [2.45, 2.75) is 24.7 Å². The van der Waals surface area contributed by atoms with Crippen LogP contribution in [-0.4, -0.2) is 37.2 Å². The van der Waals surface area contributed by atoms with E-state index >= 15 is 0 Å². The summed E-state index contributed by atoms with van der Waals surface area (Å²) in [5, 5.41) is 9.00. The van der Waals surface area contributed by atoms with Gasteiger partial charge in [0, 0.05) is 12.5 Å². The lowest BCUT2D eigenvalue weighted by Gasteiger charge is -2.13. The maximum atomic E-state index is 11.2. The van der Waals surface area contributed by atoms with E-state index in [1.807, 2.05) is 0 Å². The Bertz CT molecular complexity index is 249. The Hall–Kier alpha value is -0.130. The second kappa shape index (κ2) is 3.32. The van der Waals surface area contributed by atoms with Gasteiger partial charge < -0.3 is 10.8 Å². The predicted octanol–water partition coefficient (Wildman–Crippen LogP) is -0.871. The summed E-state index contributed by atoms with van der Waals surface area (Å²) >= 11 is 0. The minimum absolute atomic E-state index is 0.0898. The molecule has 3 N–H and O–H groups in total. The van der Waals surface area contributed by atoms with Gasteiger partial charge in [0.05, 0.1) is 17.1 Å². The molecule has 3 unspecified atom stereocenters. The smallest absolute Gasteiger partial charge is 0.153 e. The van der Waals surface area contributed by atoms with Crippen molar-refractivity contribution in [3.05, 3.63) is 0 Å². The van der Waals surface area contributed by atoms with Gasteiger partial charge in [-0.2, -0.15) is 0 Å². The maximum Gasteiger partial charge on any atom is 0.153 e. The van der Waals surface area contributed by atoms with Gasteiger partial charge in [0.2, 0.25) is 0 Å². The first kappa shape index (κ1) is 9.95. The summed E-state index contributed by atoms with van der Waals surface area (Å²) in [4.78, 5) is 0. The van der Waals surface area contributed by atoms with Crippen molar-refractivity contribution < 1.29 is 13.5 Å². The summed E-state index contributed by atoms with van der Waals surface area (Å²) in [6.07, 6.45) is -0.120. The molecule has 1 aliphatic heterocycles. The second-order valence-electron chi connectivity index (χ2n) is 3.44. The zero-order valence-electron chi connectivity index (χ0n) is 7.10. The van der Waals surface area contributed by atoms with E-state index in [4.69, 9.17) is 5.73 Å². The van der Waals surface area contributed by atoms with Gasteiger partial charge in [-0.25, -0.2) is 8.42 Å². The summed E-state index contributed by atoms with van der Waals surface area (Å²) in [6.45, 7) is 1.82. The molecule has 0 spiro atoms. The molecule has 72 valence electrons. The molecule has 0 bridgehead atoms. The third-order valence-corrected chi connectivity index (χ3v) is 4.79. The molecule has 3 atom stereocenters. The van der Waals surface area contributed by atoms with Crippen LogP contribution in [0, 0.1) is 5.92 Å². The van der Waals surface area contributed by atoms with E-state index in [0.717, 1.165) is 0 Å². The SMILES string of the molecule is CC1CC(C(O)CN)CS1(=O)=O. The third kappa shape index (κ3) is 1.78. The van der Waals surface area contributed by atoms with Crippen LogP contribution in [0.3, 0.4) is 0 Å². The third-order valence-electron chi connectivity index (χ3n) is 2.48. The number of hydrogen-bond acceptors (Lipinski definition) is 4. The molecule has 5 heteroatoms. The maximum absolute atomic E-state index is 11.2. The van der Waals surface area contributed by atoms with Crippen LogP contribution in [0.4, 0.5) is 0 Å². The number of rotatable bonds is 2. The summed E-state index contributed by atoms with van der Waals surface area (Å²) in [5.41, 5.74) is 5.24. The topological polar surface area (TPSA) is 80.4 Å². The molecule has 1 aliphatic rings. The van der Waals surface area contributed by atoms with E-state index in [1.54, 1.807) is 6.92 Å². The Morgan fingerprint density at radius 2 is 2.25 bits per heavy atom. The molecule has 0 aromatic carbocycles. The molecule has 1 saturated heterocycles. The fourth-order valence-electron chi connectivity index (χ4n) is 1.56. The Labute approximate surface area is 72.7 Å². The molecule has 0 aliphatic carbocycles. The molecule has 0 radical (unpaired) electrons. The quantitative estimate of drug-likeness (QED) is 0.597. The number of aliphatic hydroxyl groups excluding tert-OH is 1. The van der Waals surface area contributed by atoms with E-state index in [1.165, 1.54) is 0 Å². The second-order valence-corrected chi connectivity index (χ2v) is 5.90. The van der Waals surface area contributed by atoms with Gasteiger partial charge in [-0.1, -0.05) is 0 Å². The Balaban J connectivity index is 2.67. The van der Waals surface area contributed by atoms with E-state index < -0.39 is 15.9 Å². The largest absolute Gasteiger partial charge is 0.391 e. The van der Waals surface area contributed by atoms with Gasteiger partial charge in [0.15, 0.2) is 9.84 Å². The Morgan fingerprint density at radius 1 is 1.67 bits per heavy atom. The fourth-order valence-corrected chi connectivity index (χ4v) is 3.39. The normalized spacial score (nSPS) is 36.6. The highest BCUT2D eigenvalue weighted by Crippen LogP contribution is 2.27. The first-order valence-corrected chi connectivity index (χ1v) is 5.78. The average Bonchev–Trinajstić information content (AvgIpc) is 2.25. The van der Waals surface area contributed by atoms with Crippen molar-refractivity contribution in [2.24, 2.45) is 11.7 Å². The number of sulfone groups is 1. The van der Waals surface area contributed by atoms with Gasteiger partial charge in [-0.05, 0) is 13.3 Å². The standard InChI is InChI=1S/C7H15NO3S/c1-5-2-6(7(9)3-8)4-12(5,10)11/h5-7,9H,2-4,8H2,1H3. The molecule has 1 heterocycles. The minimum Gasteiger partial charge on any atom is -0.391 e. The average molecular weight is 193 g/mol. The first-order chi connectivity index (χ1) is 5.47. The minimum atomic E-state index is -2.94. The summed E-state index contributed by atoms with van der Waals surface area (Å²) in [7, 11) is -2.94. The van der Waals surface area contributed by atoms with Gasteiger partial charge in [0.1, 0.15) is 0 Å². The predicted molar refractivity (Wildman–Crippen MR) is 46.4 cm³/mol. The van der Waals surface area contributed by atoms with E-state index in [-0.39, 0.29) is 23.5 Å². The van der Waals surface area contributed by atoms with Gasteiger partial charge in [-0.15, -0.1) is 0 Å². The molecule has 0 amide bonds. The number of hydrogen-bond donors (Lipinski definition) is 2. The lowest BCUT2D eigenvalue weighted by atomic mass is 10.00. The van der Waals surface area contributed by atoms with Crippen LogP contribution in [0.5, 0.6) is 0 Å². The highest BCUT2D eigenvalue weighted by Gasteiger charge is 2.38. The van der Waals surface area contributed by atoms with Crippen LogP contribution in [0.25, 0.3) is 0 Å². The van der Waals surface area contributed by atoms with Crippen LogP contribution in [0.15, 0.2) is 0 Å². The van der Waals surface area contributed by atoms with Crippen molar-refractivity contribution in [3.8, 4) is 0 Å². The summed E-state index contributed by atoms with van der Waals surface area (Å²) in [5.74, 6) is -0.0676. The Kier molecular flexibility index (Phi) is 2.75. The molecule has 0 aromatic heterocycles. The molecule has 0 aromatic rings. The molecule has 1 fully saturated rings. The first-order valence-electron chi connectivity index (χ1n) is 4.07. The highest BCUT2D eigenvalue weighted by atomic mass is 32.2. The zero-order valence-corrected chi connectivity index (χ0v) is 7.92. The molecule has 12 heavy (non-hydrogen) atoms. The lowest BCUT2D eigenvalue weighted by Crippen LogP contribution is -2.29. The Morgan fingerprint density at radius 3 is 2.58 bits per heavy atom. The molecule has 0 saturated carbocycles. The van der Waals surface area contributed by atoms with Crippen molar-refractivity contribution in [3.63, 3.8) is 0 Å². The monoisotopic (exact) mass is 193 g/mol. The van der Waals surface area contributed by atoms with Crippen LogP contribution < -0.4 is 5.73 Å². The fraction of sp³-hybridized carbons (Fsp3) is 1.00. The summed E-state index contributed by atoms with van der Waals surface area (Å²) in [6, 6.07) is 0. The molecule has 4 nitrogen and oxygen atoms in total. The van der Waals surface area contributed by atoms with Gasteiger partial charge in [-0.3, -0.25) is 0 Å². The van der Waals surface area contributed by atoms with Crippen molar-refractivity contribution in [1.82, 2.24) is 0 Å². The van der Waals surface area contributed by atoms with Crippen molar-refractivity contribution in [2.75, 3.05) is 12.3 Å². The van der Waals surface area contributed by atoms with Gasteiger partial charge in [0.25, 0.3) is 0 Å². The highest BCUT2D eigenvalue weighted by molar-refractivity contribution is 7.92. The van der Waals surface area contributed by atoms with E-state index in [2.05, 4.69) is 0 Å². The van der Waals surface area contributed by atoms with Crippen LogP contribution in [-0.2, 0) is 9.84 Å².